The van der Waals surface area contributed by atoms with Crippen LogP contribution in [0.15, 0.2) is 48.0 Å². The molecular formula is C34H41N5O5S. The normalized spacial score (nSPS) is 20.3. The molecule has 45 heavy (non-hydrogen) atoms. The number of morpholine rings is 1. The van der Waals surface area contributed by atoms with E-state index in [1.807, 2.05) is 42.3 Å². The van der Waals surface area contributed by atoms with Crippen molar-refractivity contribution in [3.05, 3.63) is 64.7 Å². The van der Waals surface area contributed by atoms with Crippen LogP contribution < -0.4 is 4.72 Å². The first-order valence-electron chi connectivity index (χ1n) is 16.1. The van der Waals surface area contributed by atoms with Gasteiger partial charge in [0.1, 0.15) is 0 Å². The summed E-state index contributed by atoms with van der Waals surface area (Å²) in [4.78, 5) is 31.4. The SMILES string of the molecule is CN1CCN(S(=O)(=O)NC(=O)c2ccc3c(C4CCCCC4)c4n(c3c2)CC(C(=O)N2CCOCC2)=Cc2ccccc2-4)CC1. The number of nitrogens with one attached hydrogen (secondary N) is 1. The molecule has 2 saturated heterocycles. The minimum atomic E-state index is -3.98. The van der Waals surface area contributed by atoms with Crippen LogP contribution in [0.1, 0.15) is 59.5 Å². The molecule has 2 aromatic carbocycles. The topological polar surface area (TPSA) is 104 Å². The van der Waals surface area contributed by atoms with Crippen LogP contribution in [0.5, 0.6) is 0 Å². The molecule has 238 valence electrons. The molecule has 0 atom stereocenters. The summed E-state index contributed by atoms with van der Waals surface area (Å²) in [5.74, 6) is -0.298. The van der Waals surface area contributed by atoms with Gasteiger partial charge in [-0.15, -0.1) is 0 Å². The van der Waals surface area contributed by atoms with Crippen LogP contribution >= 0.6 is 0 Å². The van der Waals surface area contributed by atoms with Crippen molar-refractivity contribution in [2.75, 3.05) is 59.5 Å². The van der Waals surface area contributed by atoms with Crippen LogP contribution in [0.25, 0.3) is 28.2 Å². The second-order valence-electron chi connectivity index (χ2n) is 12.7. The Balaban J connectivity index is 1.33. The summed E-state index contributed by atoms with van der Waals surface area (Å²) in [6, 6.07) is 13.8. The second kappa shape index (κ2) is 12.4. The number of fused-ring (bicyclic) bond motifs is 5. The molecule has 3 aliphatic heterocycles. The van der Waals surface area contributed by atoms with Gasteiger partial charge < -0.3 is 19.1 Å². The van der Waals surface area contributed by atoms with Crippen LogP contribution in [0, 0.1) is 0 Å². The Kier molecular flexibility index (Phi) is 8.28. The van der Waals surface area contributed by atoms with E-state index in [2.05, 4.69) is 26.3 Å². The van der Waals surface area contributed by atoms with Crippen LogP contribution in [-0.4, -0.2) is 98.4 Å². The number of likely N-dealkylation sites (N-methyl/N-ethyl adjacent to an activating group) is 1. The average Bonchev–Trinajstić information content (AvgIpc) is 3.27. The number of ether oxygens (including phenoxy) is 1. The van der Waals surface area contributed by atoms with Gasteiger partial charge in [-0.3, -0.25) is 9.59 Å². The smallest absolute Gasteiger partial charge is 0.304 e. The minimum absolute atomic E-state index is 0.00538. The van der Waals surface area contributed by atoms with Gasteiger partial charge >= 0.3 is 10.2 Å². The van der Waals surface area contributed by atoms with Gasteiger partial charge in [-0.05, 0) is 55.1 Å². The third-order valence-electron chi connectivity index (χ3n) is 9.85. The van der Waals surface area contributed by atoms with Gasteiger partial charge in [0.05, 0.1) is 25.5 Å². The van der Waals surface area contributed by atoms with Crippen molar-refractivity contribution >= 4 is 39.0 Å². The molecule has 3 aromatic rings. The average molecular weight is 632 g/mol. The third kappa shape index (κ3) is 5.82. The molecule has 4 aliphatic rings. The fourth-order valence-electron chi connectivity index (χ4n) is 7.39. The van der Waals surface area contributed by atoms with E-state index in [-0.39, 0.29) is 11.5 Å². The lowest BCUT2D eigenvalue weighted by Gasteiger charge is -2.31. The molecule has 1 N–H and O–H groups in total. The lowest BCUT2D eigenvalue weighted by atomic mass is 9.81. The van der Waals surface area contributed by atoms with E-state index in [1.54, 1.807) is 6.07 Å². The lowest BCUT2D eigenvalue weighted by Crippen LogP contribution is -2.52. The molecule has 4 heterocycles. The zero-order chi connectivity index (χ0) is 31.1. The molecule has 10 nitrogen and oxygen atoms in total. The first-order chi connectivity index (χ1) is 21.8. The Bertz CT molecular complexity index is 1760. The fraction of sp³-hybridized carbons (Fsp3) is 0.471. The van der Waals surface area contributed by atoms with Crippen molar-refractivity contribution < 1.29 is 22.7 Å². The van der Waals surface area contributed by atoms with Crippen molar-refractivity contribution in [3.8, 4) is 11.3 Å². The number of hydrogen-bond donors (Lipinski definition) is 1. The summed E-state index contributed by atoms with van der Waals surface area (Å²) in [6.45, 7) is 4.40. The van der Waals surface area contributed by atoms with Gasteiger partial charge in [0.2, 0.25) is 0 Å². The number of carbonyl (C=O) groups is 2. The Morgan fingerprint density at radius 1 is 0.911 bits per heavy atom. The first kappa shape index (κ1) is 30.2. The summed E-state index contributed by atoms with van der Waals surface area (Å²) < 4.78 is 37.6. The Morgan fingerprint density at radius 2 is 1.64 bits per heavy atom. The summed E-state index contributed by atoms with van der Waals surface area (Å²) in [5, 5.41) is 1.06. The Morgan fingerprint density at radius 3 is 2.40 bits per heavy atom. The van der Waals surface area contributed by atoms with Crippen molar-refractivity contribution in [2.24, 2.45) is 0 Å². The van der Waals surface area contributed by atoms with E-state index in [1.165, 1.54) is 29.1 Å². The lowest BCUT2D eigenvalue weighted by molar-refractivity contribution is -0.131. The fourth-order valence-corrected chi connectivity index (χ4v) is 8.51. The predicted molar refractivity (Wildman–Crippen MR) is 174 cm³/mol. The van der Waals surface area contributed by atoms with E-state index < -0.39 is 16.1 Å². The van der Waals surface area contributed by atoms with Crippen LogP contribution in [0.3, 0.4) is 0 Å². The standard InChI is InChI=1S/C34H41N5O5S/c1-36-13-15-38(16-14-36)45(42,43)35-33(40)26-11-12-29-30(22-26)39-23-27(34(41)37-17-19-44-20-18-37)21-25-9-5-6-10-28(25)32(39)31(29)24-7-3-2-4-8-24/h5-6,9-12,21-22,24H,2-4,7-8,13-20,23H2,1H3,(H,35,40). The number of carbonyl (C=O) groups excluding carboxylic acids is 2. The highest BCUT2D eigenvalue weighted by Crippen LogP contribution is 2.46. The molecule has 3 fully saturated rings. The number of rotatable bonds is 5. The monoisotopic (exact) mass is 631 g/mol. The molecule has 0 spiro atoms. The third-order valence-corrected chi connectivity index (χ3v) is 11.3. The molecule has 1 aliphatic carbocycles. The Hall–Kier alpha value is -3.51. The minimum Gasteiger partial charge on any atom is -0.378 e. The molecule has 2 amide bonds. The van der Waals surface area contributed by atoms with Gasteiger partial charge in [0.25, 0.3) is 11.8 Å². The predicted octanol–water partition coefficient (Wildman–Crippen LogP) is 3.83. The first-order valence-corrected chi connectivity index (χ1v) is 17.6. The van der Waals surface area contributed by atoms with Crippen LogP contribution in [0.4, 0.5) is 0 Å². The molecule has 0 unspecified atom stereocenters. The zero-order valence-electron chi connectivity index (χ0n) is 25.8. The van der Waals surface area contributed by atoms with E-state index in [4.69, 9.17) is 4.74 Å². The molecule has 0 radical (unpaired) electrons. The molecule has 1 aromatic heterocycles. The maximum Gasteiger partial charge on any atom is 0.304 e. The maximum atomic E-state index is 13.9. The molecule has 11 heteroatoms. The number of benzene rings is 2. The van der Waals surface area contributed by atoms with Crippen LogP contribution in [-0.2, 0) is 26.3 Å². The summed E-state index contributed by atoms with van der Waals surface area (Å²) in [5.41, 5.74) is 6.24. The maximum absolute atomic E-state index is 13.9. The summed E-state index contributed by atoms with van der Waals surface area (Å²) in [7, 11) is -2.03. The van der Waals surface area contributed by atoms with E-state index in [0.717, 1.165) is 40.6 Å². The zero-order valence-corrected chi connectivity index (χ0v) is 26.7. The molecular weight excluding hydrogens is 590 g/mol. The number of aromatic nitrogens is 1. The largest absolute Gasteiger partial charge is 0.378 e. The van der Waals surface area contributed by atoms with Crippen LogP contribution in [0.2, 0.25) is 0 Å². The number of amides is 2. The van der Waals surface area contributed by atoms with Crippen molar-refractivity contribution in [3.63, 3.8) is 0 Å². The molecule has 1 saturated carbocycles. The van der Waals surface area contributed by atoms with E-state index >= 15 is 0 Å². The highest BCUT2D eigenvalue weighted by Gasteiger charge is 2.32. The van der Waals surface area contributed by atoms with E-state index in [9.17, 15) is 18.0 Å². The summed E-state index contributed by atoms with van der Waals surface area (Å²) in [6.07, 6.45) is 7.77. The molecule has 7 rings (SSSR count). The number of nitrogens with zero attached hydrogens (tertiary/aromatic N) is 4. The second-order valence-corrected chi connectivity index (χ2v) is 14.4. The summed E-state index contributed by atoms with van der Waals surface area (Å²) >= 11 is 0. The molecule has 0 bridgehead atoms. The van der Waals surface area contributed by atoms with E-state index in [0.29, 0.717) is 70.5 Å². The number of hydrogen-bond acceptors (Lipinski definition) is 6. The van der Waals surface area contributed by atoms with Gasteiger partial charge in [-0.1, -0.05) is 49.6 Å². The number of piperazine rings is 1. The van der Waals surface area contributed by atoms with Crippen molar-refractivity contribution in [1.82, 2.24) is 23.4 Å². The van der Waals surface area contributed by atoms with Gasteiger partial charge in [-0.25, -0.2) is 4.72 Å². The van der Waals surface area contributed by atoms with Gasteiger partial charge in [-0.2, -0.15) is 12.7 Å². The van der Waals surface area contributed by atoms with Gasteiger partial charge in [0, 0.05) is 66.9 Å². The highest BCUT2D eigenvalue weighted by molar-refractivity contribution is 7.87. The van der Waals surface area contributed by atoms with Crippen molar-refractivity contribution in [1.29, 1.82) is 0 Å². The quantitative estimate of drug-likeness (QED) is 0.459. The Labute approximate surface area is 264 Å². The highest BCUT2D eigenvalue weighted by atomic mass is 32.2. The van der Waals surface area contributed by atoms with Crippen molar-refractivity contribution in [2.45, 2.75) is 44.6 Å². The van der Waals surface area contributed by atoms with Gasteiger partial charge in [0.15, 0.2) is 0 Å².